The van der Waals surface area contributed by atoms with Crippen LogP contribution in [-0.4, -0.2) is 0 Å². The Morgan fingerprint density at radius 2 is 1.78 bits per heavy atom. The number of halogens is 3. The zero-order valence-electron chi connectivity index (χ0n) is 9.50. The monoisotopic (exact) mass is 388 g/mol. The summed E-state index contributed by atoms with van der Waals surface area (Å²) in [6, 6.07) is 13.6. The quantitative estimate of drug-likeness (QED) is 0.620. The van der Waals surface area contributed by atoms with Gasteiger partial charge in [0.1, 0.15) is 12.4 Å². The van der Waals surface area contributed by atoms with Crippen molar-refractivity contribution in [1.29, 1.82) is 0 Å². The Bertz CT molecular complexity index is 526. The number of alkyl halides is 1. The first-order valence-corrected chi connectivity index (χ1v) is 7.70. The third-order valence-electron chi connectivity index (χ3n) is 2.48. The summed E-state index contributed by atoms with van der Waals surface area (Å²) >= 11 is 12.8. The first-order chi connectivity index (χ1) is 8.69. The van der Waals surface area contributed by atoms with Gasteiger partial charge in [0.2, 0.25) is 0 Å². The van der Waals surface area contributed by atoms with Gasteiger partial charge in [-0.2, -0.15) is 0 Å². The Kier molecular flexibility index (Phi) is 5.10. The standard InChI is InChI=1S/C14H11Br2ClO/c15-8-11-7-13(5-6-14(11)16)18-9-10-1-3-12(17)4-2-10/h1-7H,8-9H2. The van der Waals surface area contributed by atoms with E-state index < -0.39 is 0 Å². The fourth-order valence-electron chi connectivity index (χ4n) is 1.49. The van der Waals surface area contributed by atoms with E-state index >= 15 is 0 Å². The van der Waals surface area contributed by atoms with Crippen LogP contribution in [0, 0.1) is 0 Å². The highest BCUT2D eigenvalue weighted by molar-refractivity contribution is 9.10. The molecule has 0 N–H and O–H groups in total. The lowest BCUT2D eigenvalue weighted by atomic mass is 10.2. The Morgan fingerprint density at radius 1 is 1.06 bits per heavy atom. The molecule has 2 rings (SSSR count). The fourth-order valence-corrected chi connectivity index (χ4v) is 2.84. The van der Waals surface area contributed by atoms with Crippen molar-refractivity contribution in [2.75, 3.05) is 0 Å². The number of ether oxygens (including phenoxy) is 1. The summed E-state index contributed by atoms with van der Waals surface area (Å²) in [6.07, 6.45) is 0. The summed E-state index contributed by atoms with van der Waals surface area (Å²) in [4.78, 5) is 0. The van der Waals surface area contributed by atoms with Gasteiger partial charge in [-0.3, -0.25) is 0 Å². The van der Waals surface area contributed by atoms with E-state index in [4.69, 9.17) is 16.3 Å². The molecule has 2 aromatic carbocycles. The molecule has 0 saturated carbocycles. The maximum absolute atomic E-state index is 5.83. The number of hydrogen-bond acceptors (Lipinski definition) is 1. The van der Waals surface area contributed by atoms with Gasteiger partial charge >= 0.3 is 0 Å². The van der Waals surface area contributed by atoms with E-state index in [0.29, 0.717) is 6.61 Å². The van der Waals surface area contributed by atoms with Gasteiger partial charge in [0, 0.05) is 14.8 Å². The van der Waals surface area contributed by atoms with Crippen molar-refractivity contribution >= 4 is 43.5 Å². The zero-order chi connectivity index (χ0) is 13.0. The Labute approximate surface area is 128 Å². The second-order valence-electron chi connectivity index (χ2n) is 3.80. The molecular formula is C14H11Br2ClO. The molecule has 0 unspecified atom stereocenters. The maximum atomic E-state index is 5.83. The molecule has 18 heavy (non-hydrogen) atoms. The van der Waals surface area contributed by atoms with Gasteiger partial charge in [-0.25, -0.2) is 0 Å². The van der Waals surface area contributed by atoms with Crippen LogP contribution in [0.3, 0.4) is 0 Å². The highest BCUT2D eigenvalue weighted by Gasteiger charge is 2.02. The van der Waals surface area contributed by atoms with E-state index in [-0.39, 0.29) is 0 Å². The highest BCUT2D eigenvalue weighted by atomic mass is 79.9. The van der Waals surface area contributed by atoms with Crippen molar-refractivity contribution in [2.45, 2.75) is 11.9 Å². The molecule has 0 aliphatic heterocycles. The minimum atomic E-state index is 0.542. The predicted molar refractivity (Wildman–Crippen MR) is 82.6 cm³/mol. The van der Waals surface area contributed by atoms with Crippen LogP contribution in [0.2, 0.25) is 5.02 Å². The average Bonchev–Trinajstić information content (AvgIpc) is 2.39. The lowest BCUT2D eigenvalue weighted by molar-refractivity contribution is 0.306. The average molecular weight is 391 g/mol. The van der Waals surface area contributed by atoms with E-state index in [0.717, 1.165) is 26.1 Å². The molecule has 0 fully saturated rings. The SMILES string of the molecule is Clc1ccc(COc2ccc(Br)c(CBr)c2)cc1. The molecule has 0 spiro atoms. The van der Waals surface area contributed by atoms with Gasteiger partial charge in [0.15, 0.2) is 0 Å². The van der Waals surface area contributed by atoms with Crippen LogP contribution >= 0.6 is 43.5 Å². The summed E-state index contributed by atoms with van der Waals surface area (Å²) in [5.74, 6) is 0.864. The highest BCUT2D eigenvalue weighted by Crippen LogP contribution is 2.25. The topological polar surface area (TPSA) is 9.23 Å². The molecule has 2 aromatic rings. The fraction of sp³-hybridized carbons (Fsp3) is 0.143. The molecule has 0 bridgehead atoms. The van der Waals surface area contributed by atoms with Crippen molar-refractivity contribution in [1.82, 2.24) is 0 Å². The molecule has 1 nitrogen and oxygen atoms in total. The van der Waals surface area contributed by atoms with Crippen LogP contribution in [-0.2, 0) is 11.9 Å². The van der Waals surface area contributed by atoms with E-state index in [1.165, 1.54) is 5.56 Å². The Morgan fingerprint density at radius 3 is 2.44 bits per heavy atom. The normalized spacial score (nSPS) is 10.4. The lowest BCUT2D eigenvalue weighted by Crippen LogP contribution is -1.95. The molecule has 0 atom stereocenters. The molecule has 0 amide bonds. The Hall–Kier alpha value is -0.510. The first kappa shape index (κ1) is 13.9. The van der Waals surface area contributed by atoms with Gasteiger partial charge in [-0.1, -0.05) is 55.6 Å². The molecule has 4 heteroatoms. The van der Waals surface area contributed by atoms with Crippen LogP contribution in [0.25, 0.3) is 0 Å². The van der Waals surface area contributed by atoms with Crippen molar-refractivity contribution in [2.24, 2.45) is 0 Å². The molecule has 0 aliphatic carbocycles. The molecular weight excluding hydrogens is 379 g/mol. The number of hydrogen-bond donors (Lipinski definition) is 0. The van der Waals surface area contributed by atoms with E-state index in [9.17, 15) is 0 Å². The van der Waals surface area contributed by atoms with Crippen LogP contribution in [0.5, 0.6) is 5.75 Å². The van der Waals surface area contributed by atoms with Crippen LogP contribution in [0.4, 0.5) is 0 Å². The Balaban J connectivity index is 2.04. The second-order valence-corrected chi connectivity index (χ2v) is 5.65. The largest absolute Gasteiger partial charge is 0.489 e. The van der Waals surface area contributed by atoms with Crippen LogP contribution in [0.1, 0.15) is 11.1 Å². The van der Waals surface area contributed by atoms with Crippen molar-refractivity contribution in [3.8, 4) is 5.75 Å². The van der Waals surface area contributed by atoms with Crippen molar-refractivity contribution < 1.29 is 4.74 Å². The smallest absolute Gasteiger partial charge is 0.120 e. The minimum absolute atomic E-state index is 0.542. The first-order valence-electron chi connectivity index (χ1n) is 5.40. The zero-order valence-corrected chi connectivity index (χ0v) is 13.4. The number of benzene rings is 2. The minimum Gasteiger partial charge on any atom is -0.489 e. The van der Waals surface area contributed by atoms with Crippen molar-refractivity contribution in [3.05, 3.63) is 63.1 Å². The van der Waals surface area contributed by atoms with Crippen LogP contribution in [0.15, 0.2) is 46.9 Å². The maximum Gasteiger partial charge on any atom is 0.120 e. The molecule has 0 saturated heterocycles. The van der Waals surface area contributed by atoms with E-state index in [2.05, 4.69) is 31.9 Å². The summed E-state index contributed by atoms with van der Waals surface area (Å²) in [5, 5.41) is 1.54. The third-order valence-corrected chi connectivity index (χ3v) is 4.11. The molecule has 0 heterocycles. The predicted octanol–water partition coefficient (Wildman–Crippen LogP) is 5.58. The molecule has 0 aliphatic rings. The van der Waals surface area contributed by atoms with Gasteiger partial charge in [-0.05, 0) is 41.5 Å². The van der Waals surface area contributed by atoms with E-state index in [1.807, 2.05) is 42.5 Å². The summed E-state index contributed by atoms with van der Waals surface area (Å²) in [7, 11) is 0. The summed E-state index contributed by atoms with van der Waals surface area (Å²) in [5.41, 5.74) is 2.27. The second kappa shape index (κ2) is 6.60. The van der Waals surface area contributed by atoms with E-state index in [1.54, 1.807) is 0 Å². The van der Waals surface area contributed by atoms with Gasteiger partial charge in [0.25, 0.3) is 0 Å². The molecule has 0 aromatic heterocycles. The van der Waals surface area contributed by atoms with Crippen LogP contribution < -0.4 is 4.74 Å². The molecule has 94 valence electrons. The summed E-state index contributed by atoms with van der Waals surface area (Å²) in [6.45, 7) is 0.542. The van der Waals surface area contributed by atoms with Gasteiger partial charge < -0.3 is 4.74 Å². The lowest BCUT2D eigenvalue weighted by Gasteiger charge is -2.08. The van der Waals surface area contributed by atoms with Crippen molar-refractivity contribution in [3.63, 3.8) is 0 Å². The molecule has 0 radical (unpaired) electrons. The number of rotatable bonds is 4. The van der Waals surface area contributed by atoms with Gasteiger partial charge in [-0.15, -0.1) is 0 Å². The third kappa shape index (κ3) is 3.74. The van der Waals surface area contributed by atoms with Gasteiger partial charge in [0.05, 0.1) is 0 Å². The summed E-state index contributed by atoms with van der Waals surface area (Å²) < 4.78 is 6.83.